The molecule has 4 nitrogen and oxygen atoms in total. The molecule has 0 heterocycles. The molecule has 0 aliphatic heterocycles. The molecule has 2 atom stereocenters. The highest BCUT2D eigenvalue weighted by molar-refractivity contribution is 6.03. The summed E-state index contributed by atoms with van der Waals surface area (Å²) in [6, 6.07) is 6.90. The van der Waals surface area contributed by atoms with Gasteiger partial charge in [0.1, 0.15) is 0 Å². The molecule has 0 fully saturated rings. The second-order valence-corrected chi connectivity index (χ2v) is 11.1. The van der Waals surface area contributed by atoms with Crippen molar-refractivity contribution in [2.24, 2.45) is 11.8 Å². The molecule has 1 rings (SSSR count). The number of unbranched alkanes of at least 4 members (excludes halogenated alkanes) is 12. The lowest BCUT2D eigenvalue weighted by Crippen LogP contribution is -2.19. The van der Waals surface area contributed by atoms with E-state index in [1.807, 2.05) is 0 Å². The summed E-state index contributed by atoms with van der Waals surface area (Å²) >= 11 is 0. The fourth-order valence-corrected chi connectivity index (χ4v) is 4.97. The maximum Gasteiger partial charge on any atom is 0.339 e. The summed E-state index contributed by atoms with van der Waals surface area (Å²) in [6.07, 6.45) is 22.2. The number of ether oxygens (including phenoxy) is 2. The summed E-state index contributed by atoms with van der Waals surface area (Å²) in [5, 5.41) is 0. The zero-order chi connectivity index (χ0) is 27.8. The van der Waals surface area contributed by atoms with Crippen LogP contribution in [0.2, 0.25) is 0 Å². The van der Waals surface area contributed by atoms with Gasteiger partial charge < -0.3 is 9.47 Å². The van der Waals surface area contributed by atoms with Crippen LogP contribution in [0.4, 0.5) is 0 Å². The van der Waals surface area contributed by atoms with Crippen LogP contribution in [0.1, 0.15) is 164 Å². The minimum absolute atomic E-state index is 0.309. The van der Waals surface area contributed by atoms with E-state index in [1.165, 1.54) is 89.9 Å². The first-order chi connectivity index (χ1) is 18.6. The van der Waals surface area contributed by atoms with E-state index in [0.29, 0.717) is 36.2 Å². The molecular formula is C34H58O4. The van der Waals surface area contributed by atoms with E-state index in [2.05, 4.69) is 27.7 Å². The SMILES string of the molecule is CCCCCCCCCC(CC)COC(=O)c1ccccc1C(=O)OCC(CC)CCCCCCCCC. The van der Waals surface area contributed by atoms with Crippen molar-refractivity contribution in [3.63, 3.8) is 0 Å². The van der Waals surface area contributed by atoms with Crippen LogP contribution in [-0.2, 0) is 9.47 Å². The van der Waals surface area contributed by atoms with Crippen molar-refractivity contribution in [1.82, 2.24) is 0 Å². The van der Waals surface area contributed by atoms with Gasteiger partial charge in [0.15, 0.2) is 0 Å². The van der Waals surface area contributed by atoms with Crippen LogP contribution >= 0.6 is 0 Å². The van der Waals surface area contributed by atoms with Gasteiger partial charge in [-0.3, -0.25) is 0 Å². The first-order valence-corrected chi connectivity index (χ1v) is 16.0. The summed E-state index contributed by atoms with van der Waals surface area (Å²) in [5.41, 5.74) is 0.617. The Morgan fingerprint density at radius 3 is 1.24 bits per heavy atom. The van der Waals surface area contributed by atoms with Crippen molar-refractivity contribution < 1.29 is 19.1 Å². The van der Waals surface area contributed by atoms with Crippen molar-refractivity contribution in [3.05, 3.63) is 35.4 Å². The smallest absolute Gasteiger partial charge is 0.339 e. The van der Waals surface area contributed by atoms with Gasteiger partial charge in [-0.2, -0.15) is 0 Å². The first kappa shape index (κ1) is 34.2. The third-order valence-corrected chi connectivity index (χ3v) is 7.85. The number of carbonyl (C=O) groups excluding carboxylic acids is 2. The van der Waals surface area contributed by atoms with Gasteiger partial charge in [0, 0.05) is 0 Å². The molecule has 4 heteroatoms. The number of hydrogen-bond acceptors (Lipinski definition) is 4. The Kier molecular flexibility index (Phi) is 20.8. The van der Waals surface area contributed by atoms with E-state index in [-0.39, 0.29) is 0 Å². The average molecular weight is 531 g/mol. The largest absolute Gasteiger partial charge is 0.462 e. The molecule has 1 aromatic carbocycles. The van der Waals surface area contributed by atoms with Gasteiger partial charge in [0.05, 0.1) is 24.3 Å². The van der Waals surface area contributed by atoms with Crippen LogP contribution in [0, 0.1) is 11.8 Å². The Morgan fingerprint density at radius 2 is 0.895 bits per heavy atom. The van der Waals surface area contributed by atoms with Crippen LogP contribution in [0.25, 0.3) is 0 Å². The zero-order valence-electron chi connectivity index (χ0n) is 25.2. The lowest BCUT2D eigenvalue weighted by atomic mass is 9.98. The van der Waals surface area contributed by atoms with Crippen LogP contribution < -0.4 is 0 Å². The third-order valence-electron chi connectivity index (χ3n) is 7.85. The van der Waals surface area contributed by atoms with Crippen molar-refractivity contribution >= 4 is 11.9 Å². The number of esters is 2. The molecule has 0 N–H and O–H groups in total. The molecular weight excluding hydrogens is 472 g/mol. The molecule has 38 heavy (non-hydrogen) atoms. The second-order valence-electron chi connectivity index (χ2n) is 11.1. The highest BCUT2D eigenvalue weighted by atomic mass is 16.5. The van der Waals surface area contributed by atoms with Crippen molar-refractivity contribution in [2.75, 3.05) is 13.2 Å². The van der Waals surface area contributed by atoms with E-state index >= 15 is 0 Å². The normalized spacial score (nSPS) is 12.7. The Hall–Kier alpha value is -1.84. The van der Waals surface area contributed by atoms with Crippen LogP contribution in [-0.4, -0.2) is 25.2 Å². The Bertz CT molecular complexity index is 668. The molecule has 0 amide bonds. The molecule has 2 unspecified atom stereocenters. The van der Waals surface area contributed by atoms with E-state index in [0.717, 1.165) is 25.7 Å². The standard InChI is InChI=1S/C34H58O4/c1-5-9-11-13-15-17-19-23-29(7-3)27-37-33(35)31-25-21-22-26-32(31)34(36)38-28-30(8-4)24-20-18-16-14-12-10-6-2/h21-22,25-26,29-30H,5-20,23-24,27-28H2,1-4H3. The van der Waals surface area contributed by atoms with E-state index < -0.39 is 11.9 Å². The van der Waals surface area contributed by atoms with Crippen molar-refractivity contribution in [1.29, 1.82) is 0 Å². The molecule has 0 bridgehead atoms. The summed E-state index contributed by atoms with van der Waals surface area (Å²) < 4.78 is 11.4. The van der Waals surface area contributed by atoms with E-state index in [4.69, 9.17) is 9.47 Å². The van der Waals surface area contributed by atoms with Crippen LogP contribution in [0.15, 0.2) is 24.3 Å². The van der Waals surface area contributed by atoms with Gasteiger partial charge in [-0.15, -0.1) is 0 Å². The monoisotopic (exact) mass is 530 g/mol. The molecule has 0 spiro atoms. The summed E-state index contributed by atoms with van der Waals surface area (Å²) in [5.74, 6) is -0.118. The first-order valence-electron chi connectivity index (χ1n) is 16.0. The predicted molar refractivity (Wildman–Crippen MR) is 160 cm³/mol. The number of benzene rings is 1. The summed E-state index contributed by atoms with van der Waals surface area (Å²) in [4.78, 5) is 25.8. The molecule has 0 aromatic heterocycles. The minimum Gasteiger partial charge on any atom is -0.462 e. The molecule has 1 aromatic rings. The topological polar surface area (TPSA) is 52.6 Å². The molecule has 0 saturated heterocycles. The highest BCUT2D eigenvalue weighted by Crippen LogP contribution is 2.20. The highest BCUT2D eigenvalue weighted by Gasteiger charge is 2.21. The molecule has 218 valence electrons. The Morgan fingerprint density at radius 1 is 0.553 bits per heavy atom. The number of carbonyl (C=O) groups is 2. The molecule has 0 aliphatic carbocycles. The second kappa shape index (κ2) is 23.1. The third kappa shape index (κ3) is 15.5. The Balaban J connectivity index is 2.45. The van der Waals surface area contributed by atoms with Gasteiger partial charge in [0.2, 0.25) is 0 Å². The number of hydrogen-bond donors (Lipinski definition) is 0. The summed E-state index contributed by atoms with van der Waals surface area (Å²) in [7, 11) is 0. The van der Waals surface area contributed by atoms with Gasteiger partial charge in [0.25, 0.3) is 0 Å². The predicted octanol–water partition coefficient (Wildman–Crippen LogP) is 10.3. The molecule has 0 aliphatic rings. The zero-order valence-corrected chi connectivity index (χ0v) is 25.2. The number of rotatable bonds is 24. The average Bonchev–Trinajstić information content (AvgIpc) is 2.94. The molecule has 0 saturated carbocycles. The van der Waals surface area contributed by atoms with Crippen molar-refractivity contribution in [2.45, 2.75) is 143 Å². The lowest BCUT2D eigenvalue weighted by Gasteiger charge is -2.17. The lowest BCUT2D eigenvalue weighted by molar-refractivity contribution is 0.0381. The maximum absolute atomic E-state index is 12.9. The summed E-state index contributed by atoms with van der Waals surface area (Å²) in [6.45, 7) is 9.61. The van der Waals surface area contributed by atoms with Crippen LogP contribution in [0.3, 0.4) is 0 Å². The minimum atomic E-state index is -0.425. The van der Waals surface area contributed by atoms with Gasteiger partial charge in [-0.25, -0.2) is 9.59 Å². The van der Waals surface area contributed by atoms with Gasteiger partial charge >= 0.3 is 11.9 Å². The van der Waals surface area contributed by atoms with Crippen molar-refractivity contribution in [3.8, 4) is 0 Å². The fourth-order valence-electron chi connectivity index (χ4n) is 4.97. The van der Waals surface area contributed by atoms with Crippen LogP contribution in [0.5, 0.6) is 0 Å². The maximum atomic E-state index is 12.9. The Labute approximate surface area is 234 Å². The fraction of sp³-hybridized carbons (Fsp3) is 0.765. The van der Waals surface area contributed by atoms with E-state index in [1.54, 1.807) is 24.3 Å². The molecule has 0 radical (unpaired) electrons. The van der Waals surface area contributed by atoms with E-state index in [9.17, 15) is 9.59 Å². The quantitative estimate of drug-likeness (QED) is 0.0985. The van der Waals surface area contributed by atoms with Gasteiger partial charge in [-0.05, 0) is 36.8 Å². The van der Waals surface area contributed by atoms with Gasteiger partial charge in [-0.1, -0.05) is 143 Å².